The van der Waals surface area contributed by atoms with E-state index in [0.29, 0.717) is 30.2 Å². The van der Waals surface area contributed by atoms with Gasteiger partial charge >= 0.3 is 5.97 Å². The fourth-order valence-corrected chi connectivity index (χ4v) is 3.84. The number of ketones is 1. The number of rotatable bonds is 10. The zero-order valence-corrected chi connectivity index (χ0v) is 19.6. The lowest BCUT2D eigenvalue weighted by Crippen LogP contribution is -2.09. The maximum Gasteiger partial charge on any atom is 0.307 e. The Labute approximate surface area is 204 Å². The third-order valence-corrected chi connectivity index (χ3v) is 5.70. The first-order valence-electron chi connectivity index (χ1n) is 11.4. The first-order valence-corrected chi connectivity index (χ1v) is 11.4. The maximum atomic E-state index is 12.9. The highest BCUT2D eigenvalue weighted by Gasteiger charge is 2.12. The Morgan fingerprint density at radius 2 is 1.69 bits per heavy atom. The van der Waals surface area contributed by atoms with E-state index in [1.165, 1.54) is 0 Å². The van der Waals surface area contributed by atoms with Gasteiger partial charge in [0, 0.05) is 18.3 Å². The first kappa shape index (κ1) is 23.8. The highest BCUT2D eigenvalue weighted by atomic mass is 16.5. The molecule has 1 aromatic heterocycles. The molecule has 176 valence electrons. The van der Waals surface area contributed by atoms with Crippen LogP contribution in [0.25, 0.3) is 6.08 Å². The van der Waals surface area contributed by atoms with Crippen molar-refractivity contribution in [2.45, 2.75) is 26.5 Å². The molecule has 35 heavy (non-hydrogen) atoms. The monoisotopic (exact) mass is 465 g/mol. The van der Waals surface area contributed by atoms with Crippen LogP contribution in [0.5, 0.6) is 5.75 Å². The van der Waals surface area contributed by atoms with Crippen molar-refractivity contribution in [2.75, 3.05) is 0 Å². The molecule has 0 aliphatic carbocycles. The molecule has 0 atom stereocenters. The van der Waals surface area contributed by atoms with Gasteiger partial charge in [0.1, 0.15) is 12.4 Å². The number of aliphatic carboxylic acids is 1. The molecule has 0 aliphatic heterocycles. The zero-order chi connectivity index (χ0) is 24.6. The van der Waals surface area contributed by atoms with Crippen molar-refractivity contribution >= 4 is 17.8 Å². The number of benzene rings is 3. The number of carboxylic acid groups (broad SMARTS) is 1. The number of aryl methyl sites for hydroxylation is 1. The molecule has 0 aliphatic rings. The van der Waals surface area contributed by atoms with Crippen molar-refractivity contribution in [3.8, 4) is 5.75 Å². The van der Waals surface area contributed by atoms with Crippen LogP contribution >= 0.6 is 0 Å². The van der Waals surface area contributed by atoms with Gasteiger partial charge in [-0.05, 0) is 47.9 Å². The fourth-order valence-electron chi connectivity index (χ4n) is 3.84. The molecule has 0 radical (unpaired) electrons. The molecule has 1 N–H and O–H groups in total. The number of hydrogen-bond acceptors (Lipinski definition) is 3. The average molecular weight is 466 g/mol. The summed E-state index contributed by atoms with van der Waals surface area (Å²) < 4.78 is 7.87. The van der Waals surface area contributed by atoms with E-state index in [9.17, 15) is 9.59 Å². The molecule has 0 bridgehead atoms. The van der Waals surface area contributed by atoms with Gasteiger partial charge in [-0.2, -0.15) is 0 Å². The number of aromatic nitrogens is 1. The Balaban J connectivity index is 1.40. The van der Waals surface area contributed by atoms with Crippen molar-refractivity contribution in [3.05, 3.63) is 131 Å². The molecule has 4 rings (SSSR count). The van der Waals surface area contributed by atoms with Crippen LogP contribution in [0.15, 0.2) is 97.2 Å². The first-order chi connectivity index (χ1) is 17.0. The van der Waals surface area contributed by atoms with Gasteiger partial charge in [-0.1, -0.05) is 78.4 Å². The second kappa shape index (κ2) is 11.2. The van der Waals surface area contributed by atoms with E-state index in [1.54, 1.807) is 0 Å². The van der Waals surface area contributed by atoms with Crippen LogP contribution in [0, 0.1) is 6.92 Å². The minimum absolute atomic E-state index is 0.00183. The summed E-state index contributed by atoms with van der Waals surface area (Å²) in [6.07, 6.45) is 5.87. The van der Waals surface area contributed by atoms with E-state index in [0.717, 1.165) is 22.3 Å². The van der Waals surface area contributed by atoms with Crippen molar-refractivity contribution in [1.29, 1.82) is 0 Å². The maximum absolute atomic E-state index is 12.9. The largest absolute Gasteiger partial charge is 0.489 e. The van der Waals surface area contributed by atoms with E-state index in [-0.39, 0.29) is 12.2 Å². The Morgan fingerprint density at radius 1 is 0.914 bits per heavy atom. The summed E-state index contributed by atoms with van der Waals surface area (Å²) in [5.74, 6) is -0.161. The van der Waals surface area contributed by atoms with Gasteiger partial charge in [-0.25, -0.2) is 0 Å². The lowest BCUT2D eigenvalue weighted by Gasteiger charge is -2.10. The molecule has 1 heterocycles. The van der Waals surface area contributed by atoms with Gasteiger partial charge in [0.15, 0.2) is 0 Å². The SMILES string of the molecule is Cc1ccc(C(=O)c2cccn2C/C=C/c2cccc(OCc3ccccc3CC(=O)O)c2)cc1. The molecule has 0 amide bonds. The summed E-state index contributed by atoms with van der Waals surface area (Å²) in [4.78, 5) is 24.0. The predicted octanol–water partition coefficient (Wildman–Crippen LogP) is 5.95. The predicted molar refractivity (Wildman–Crippen MR) is 137 cm³/mol. The number of allylic oxidation sites excluding steroid dienone is 1. The number of ether oxygens (including phenoxy) is 1. The van der Waals surface area contributed by atoms with Crippen LogP contribution in [-0.4, -0.2) is 21.4 Å². The van der Waals surface area contributed by atoms with Crippen molar-refractivity contribution < 1.29 is 19.4 Å². The van der Waals surface area contributed by atoms with Gasteiger partial charge < -0.3 is 14.4 Å². The molecule has 3 aromatic carbocycles. The van der Waals surface area contributed by atoms with Gasteiger partial charge in [0.2, 0.25) is 5.78 Å². The number of carboxylic acids is 1. The summed E-state index contributed by atoms with van der Waals surface area (Å²) >= 11 is 0. The minimum atomic E-state index is -0.865. The summed E-state index contributed by atoms with van der Waals surface area (Å²) in [5.41, 5.74) is 5.02. The highest BCUT2D eigenvalue weighted by Crippen LogP contribution is 2.19. The number of carbonyl (C=O) groups excluding carboxylic acids is 1. The van der Waals surface area contributed by atoms with E-state index in [1.807, 2.05) is 115 Å². The molecular formula is C30H27NO4. The lowest BCUT2D eigenvalue weighted by molar-refractivity contribution is -0.136. The van der Waals surface area contributed by atoms with E-state index < -0.39 is 5.97 Å². The Bertz CT molecular complexity index is 1350. The van der Waals surface area contributed by atoms with Crippen molar-refractivity contribution in [2.24, 2.45) is 0 Å². The highest BCUT2D eigenvalue weighted by molar-refractivity contribution is 6.08. The third-order valence-electron chi connectivity index (χ3n) is 5.70. The number of carbonyl (C=O) groups is 2. The van der Waals surface area contributed by atoms with Crippen LogP contribution in [0.4, 0.5) is 0 Å². The van der Waals surface area contributed by atoms with Crippen LogP contribution in [0.3, 0.4) is 0 Å². The Kier molecular flexibility index (Phi) is 7.58. The quantitative estimate of drug-likeness (QED) is 0.294. The second-order valence-corrected chi connectivity index (χ2v) is 8.34. The number of hydrogen-bond donors (Lipinski definition) is 1. The van der Waals surface area contributed by atoms with Crippen molar-refractivity contribution in [3.63, 3.8) is 0 Å². The molecule has 0 unspecified atom stereocenters. The summed E-state index contributed by atoms with van der Waals surface area (Å²) in [6, 6.07) is 26.4. The molecular weight excluding hydrogens is 438 g/mol. The molecule has 0 fully saturated rings. The molecule has 0 spiro atoms. The lowest BCUT2D eigenvalue weighted by atomic mass is 10.1. The van der Waals surface area contributed by atoms with Crippen LogP contribution < -0.4 is 4.74 Å². The molecule has 5 heteroatoms. The van der Waals surface area contributed by atoms with Crippen LogP contribution in [-0.2, 0) is 24.4 Å². The minimum Gasteiger partial charge on any atom is -0.489 e. The zero-order valence-electron chi connectivity index (χ0n) is 19.6. The molecule has 5 nitrogen and oxygen atoms in total. The third kappa shape index (κ3) is 6.36. The fraction of sp³-hybridized carbons (Fsp3) is 0.133. The molecule has 0 saturated carbocycles. The standard InChI is InChI=1S/C30H27NO4/c1-22-13-15-24(16-14-22)30(34)28-12-6-18-31(28)17-5-8-23-7-4-11-27(19-23)35-21-26-10-3-2-9-25(26)20-29(32)33/h2-16,18-19H,17,20-21H2,1H3,(H,32,33)/b8-5+. The van der Waals surface area contributed by atoms with Gasteiger partial charge in [0.05, 0.1) is 12.1 Å². The second-order valence-electron chi connectivity index (χ2n) is 8.34. The number of nitrogens with zero attached hydrogens (tertiary/aromatic N) is 1. The Morgan fingerprint density at radius 3 is 2.46 bits per heavy atom. The van der Waals surface area contributed by atoms with Gasteiger partial charge in [0.25, 0.3) is 0 Å². The summed E-state index contributed by atoms with van der Waals surface area (Å²) in [7, 11) is 0. The summed E-state index contributed by atoms with van der Waals surface area (Å²) in [6.45, 7) is 2.86. The van der Waals surface area contributed by atoms with Crippen LogP contribution in [0.1, 0.15) is 38.3 Å². The molecule has 0 saturated heterocycles. The Hall–Kier alpha value is -4.38. The molecule has 4 aromatic rings. The van der Waals surface area contributed by atoms with Crippen molar-refractivity contribution in [1.82, 2.24) is 4.57 Å². The van der Waals surface area contributed by atoms with Gasteiger partial charge in [-0.3, -0.25) is 9.59 Å². The average Bonchev–Trinajstić information content (AvgIpc) is 3.32. The van der Waals surface area contributed by atoms with Crippen LogP contribution in [0.2, 0.25) is 0 Å². The topological polar surface area (TPSA) is 68.5 Å². The smallest absolute Gasteiger partial charge is 0.307 e. The van der Waals surface area contributed by atoms with E-state index >= 15 is 0 Å². The van der Waals surface area contributed by atoms with E-state index in [4.69, 9.17) is 9.84 Å². The summed E-state index contributed by atoms with van der Waals surface area (Å²) in [5, 5.41) is 9.11. The normalized spacial score (nSPS) is 11.0. The van der Waals surface area contributed by atoms with E-state index in [2.05, 4.69) is 0 Å². The van der Waals surface area contributed by atoms with Gasteiger partial charge in [-0.15, -0.1) is 0 Å².